The molecule has 0 amide bonds. The normalized spacial score (nSPS) is 17.6. The first-order chi connectivity index (χ1) is 7.85. The van der Waals surface area contributed by atoms with Gasteiger partial charge in [-0.25, -0.2) is 0 Å². The van der Waals surface area contributed by atoms with E-state index in [0.29, 0.717) is 5.41 Å². The number of aromatic amines is 1. The molecule has 1 aromatic rings. The Labute approximate surface area is 96.8 Å². The Hall–Kier alpha value is -0.870. The Morgan fingerprint density at radius 3 is 3.06 bits per heavy atom. The van der Waals surface area contributed by atoms with E-state index >= 15 is 0 Å². The molecule has 0 spiro atoms. The van der Waals surface area contributed by atoms with E-state index < -0.39 is 0 Å². The molecule has 0 bridgehead atoms. The summed E-state index contributed by atoms with van der Waals surface area (Å²) >= 11 is 0. The van der Waals surface area contributed by atoms with Crippen molar-refractivity contribution in [2.24, 2.45) is 5.41 Å². The van der Waals surface area contributed by atoms with Crippen molar-refractivity contribution < 1.29 is 4.74 Å². The topological polar surface area (TPSA) is 49.9 Å². The molecule has 1 aliphatic carbocycles. The third kappa shape index (κ3) is 3.32. The summed E-state index contributed by atoms with van der Waals surface area (Å²) in [6.45, 7) is 5.77. The van der Waals surface area contributed by atoms with E-state index in [1.807, 2.05) is 6.07 Å². The molecule has 1 heterocycles. The van der Waals surface area contributed by atoms with Gasteiger partial charge in [0.2, 0.25) is 0 Å². The Morgan fingerprint density at radius 1 is 1.56 bits per heavy atom. The van der Waals surface area contributed by atoms with Crippen molar-refractivity contribution >= 4 is 0 Å². The third-order valence-electron chi connectivity index (χ3n) is 3.31. The molecule has 1 fully saturated rings. The van der Waals surface area contributed by atoms with E-state index in [1.165, 1.54) is 19.3 Å². The first-order valence-corrected chi connectivity index (χ1v) is 6.11. The van der Waals surface area contributed by atoms with Crippen LogP contribution in [0.25, 0.3) is 0 Å². The predicted octanol–water partition coefficient (Wildman–Crippen LogP) is 1.71. The van der Waals surface area contributed by atoms with Gasteiger partial charge in [-0.2, -0.15) is 5.10 Å². The zero-order chi connectivity index (χ0) is 11.3. The van der Waals surface area contributed by atoms with Crippen LogP contribution >= 0.6 is 0 Å². The highest BCUT2D eigenvalue weighted by Gasteiger charge is 2.41. The highest BCUT2D eigenvalue weighted by Crippen LogP contribution is 2.48. The average molecular weight is 223 g/mol. The molecule has 2 rings (SSSR count). The molecule has 0 unspecified atom stereocenters. The average Bonchev–Trinajstić information content (AvgIpc) is 2.86. The monoisotopic (exact) mass is 223 g/mol. The minimum atomic E-state index is 0.523. The standard InChI is InChI=1S/C12H21N3O/c1-2-16-8-6-12(4-5-12)10-13-9-11-3-7-14-15-11/h3,7,13H,2,4-6,8-10H2,1H3,(H,14,15). The van der Waals surface area contributed by atoms with Crippen molar-refractivity contribution in [3.05, 3.63) is 18.0 Å². The third-order valence-corrected chi connectivity index (χ3v) is 3.31. The quantitative estimate of drug-likeness (QED) is 0.660. The van der Waals surface area contributed by atoms with E-state index in [-0.39, 0.29) is 0 Å². The molecule has 0 atom stereocenters. The fourth-order valence-electron chi connectivity index (χ4n) is 1.97. The lowest BCUT2D eigenvalue weighted by Crippen LogP contribution is -2.24. The molecule has 2 N–H and O–H groups in total. The van der Waals surface area contributed by atoms with Gasteiger partial charge < -0.3 is 10.1 Å². The second-order valence-electron chi connectivity index (χ2n) is 4.63. The second kappa shape index (κ2) is 5.46. The molecule has 0 aromatic carbocycles. The molecule has 1 aliphatic rings. The summed E-state index contributed by atoms with van der Waals surface area (Å²) in [5.74, 6) is 0. The summed E-state index contributed by atoms with van der Waals surface area (Å²) < 4.78 is 5.42. The maximum absolute atomic E-state index is 5.42. The Balaban J connectivity index is 1.62. The van der Waals surface area contributed by atoms with Crippen LogP contribution in [0.3, 0.4) is 0 Å². The molecule has 0 saturated heterocycles. The van der Waals surface area contributed by atoms with Crippen molar-refractivity contribution in [1.29, 1.82) is 0 Å². The molecule has 4 heteroatoms. The smallest absolute Gasteiger partial charge is 0.0490 e. The van der Waals surface area contributed by atoms with Crippen LogP contribution in [-0.2, 0) is 11.3 Å². The minimum Gasteiger partial charge on any atom is -0.382 e. The summed E-state index contributed by atoms with van der Waals surface area (Å²) in [4.78, 5) is 0. The fraction of sp³-hybridized carbons (Fsp3) is 0.750. The maximum Gasteiger partial charge on any atom is 0.0490 e. The van der Waals surface area contributed by atoms with E-state index in [0.717, 1.165) is 32.0 Å². The van der Waals surface area contributed by atoms with E-state index in [4.69, 9.17) is 4.74 Å². The van der Waals surface area contributed by atoms with E-state index in [2.05, 4.69) is 22.4 Å². The molecule has 1 aromatic heterocycles. The van der Waals surface area contributed by atoms with Crippen LogP contribution in [0.1, 0.15) is 31.9 Å². The zero-order valence-corrected chi connectivity index (χ0v) is 9.96. The molecular formula is C12H21N3O. The lowest BCUT2D eigenvalue weighted by molar-refractivity contribution is 0.127. The van der Waals surface area contributed by atoms with Gasteiger partial charge in [0.05, 0.1) is 0 Å². The Morgan fingerprint density at radius 2 is 2.44 bits per heavy atom. The van der Waals surface area contributed by atoms with Crippen LogP contribution in [0.5, 0.6) is 0 Å². The molecule has 90 valence electrons. The highest BCUT2D eigenvalue weighted by molar-refractivity contribution is 4.99. The summed E-state index contributed by atoms with van der Waals surface area (Å²) in [5, 5.41) is 10.4. The lowest BCUT2D eigenvalue weighted by Gasteiger charge is -2.15. The van der Waals surface area contributed by atoms with Crippen molar-refractivity contribution in [3.8, 4) is 0 Å². The van der Waals surface area contributed by atoms with Crippen molar-refractivity contribution in [2.75, 3.05) is 19.8 Å². The SMILES string of the molecule is CCOCCC1(CNCc2ccn[nH]2)CC1. The summed E-state index contributed by atoms with van der Waals surface area (Å²) in [6.07, 6.45) is 5.67. The van der Waals surface area contributed by atoms with Crippen LogP contribution in [0.2, 0.25) is 0 Å². The largest absolute Gasteiger partial charge is 0.382 e. The van der Waals surface area contributed by atoms with Crippen LogP contribution in [0.15, 0.2) is 12.3 Å². The number of ether oxygens (including phenoxy) is 1. The van der Waals surface area contributed by atoms with E-state index in [9.17, 15) is 0 Å². The molecule has 0 aliphatic heterocycles. The van der Waals surface area contributed by atoms with Crippen LogP contribution in [0, 0.1) is 5.41 Å². The van der Waals surface area contributed by atoms with Gasteiger partial charge in [0.15, 0.2) is 0 Å². The zero-order valence-electron chi connectivity index (χ0n) is 9.96. The van der Waals surface area contributed by atoms with Gasteiger partial charge >= 0.3 is 0 Å². The van der Waals surface area contributed by atoms with Gasteiger partial charge in [-0.3, -0.25) is 5.10 Å². The highest BCUT2D eigenvalue weighted by atomic mass is 16.5. The Bertz CT molecular complexity index is 293. The maximum atomic E-state index is 5.42. The Kier molecular flexibility index (Phi) is 3.96. The van der Waals surface area contributed by atoms with Crippen molar-refractivity contribution in [3.63, 3.8) is 0 Å². The second-order valence-corrected chi connectivity index (χ2v) is 4.63. The molecule has 16 heavy (non-hydrogen) atoms. The number of hydrogen-bond acceptors (Lipinski definition) is 3. The number of nitrogens with one attached hydrogen (secondary N) is 2. The van der Waals surface area contributed by atoms with Gasteiger partial charge in [-0.15, -0.1) is 0 Å². The number of H-pyrrole nitrogens is 1. The van der Waals surface area contributed by atoms with Crippen molar-refractivity contribution in [2.45, 2.75) is 32.7 Å². The van der Waals surface area contributed by atoms with E-state index in [1.54, 1.807) is 6.20 Å². The first-order valence-electron chi connectivity index (χ1n) is 6.11. The summed E-state index contributed by atoms with van der Waals surface area (Å²) in [6, 6.07) is 2.01. The van der Waals surface area contributed by atoms with Gasteiger partial charge in [0, 0.05) is 38.2 Å². The van der Waals surface area contributed by atoms with Crippen LogP contribution < -0.4 is 5.32 Å². The molecule has 1 saturated carbocycles. The van der Waals surface area contributed by atoms with Crippen LogP contribution in [0.4, 0.5) is 0 Å². The van der Waals surface area contributed by atoms with Crippen LogP contribution in [-0.4, -0.2) is 30.0 Å². The molecule has 0 radical (unpaired) electrons. The molecule has 4 nitrogen and oxygen atoms in total. The molecular weight excluding hydrogens is 202 g/mol. The number of hydrogen-bond donors (Lipinski definition) is 2. The minimum absolute atomic E-state index is 0.523. The van der Waals surface area contributed by atoms with Gasteiger partial charge in [0.25, 0.3) is 0 Å². The van der Waals surface area contributed by atoms with Gasteiger partial charge in [-0.05, 0) is 37.7 Å². The first kappa shape index (κ1) is 11.6. The van der Waals surface area contributed by atoms with Gasteiger partial charge in [-0.1, -0.05) is 0 Å². The van der Waals surface area contributed by atoms with Gasteiger partial charge in [0.1, 0.15) is 0 Å². The predicted molar refractivity (Wildman–Crippen MR) is 63.1 cm³/mol. The number of nitrogens with zero attached hydrogens (tertiary/aromatic N) is 1. The number of rotatable bonds is 8. The van der Waals surface area contributed by atoms with Crippen molar-refractivity contribution in [1.82, 2.24) is 15.5 Å². The number of aromatic nitrogens is 2. The lowest BCUT2D eigenvalue weighted by atomic mass is 10.0. The fourth-order valence-corrected chi connectivity index (χ4v) is 1.97. The summed E-state index contributed by atoms with van der Waals surface area (Å²) in [7, 11) is 0. The summed E-state index contributed by atoms with van der Waals surface area (Å²) in [5.41, 5.74) is 1.68.